The smallest absolute Gasteiger partial charge is 0.340 e. The van der Waals surface area contributed by atoms with Gasteiger partial charge in [0.05, 0.1) is 18.2 Å². The van der Waals surface area contributed by atoms with E-state index in [0.717, 1.165) is 29.8 Å². The van der Waals surface area contributed by atoms with Crippen LogP contribution in [0.2, 0.25) is 0 Å². The van der Waals surface area contributed by atoms with Crippen molar-refractivity contribution in [1.29, 1.82) is 0 Å². The summed E-state index contributed by atoms with van der Waals surface area (Å²) >= 11 is 0. The van der Waals surface area contributed by atoms with Gasteiger partial charge >= 0.3 is 5.97 Å². The fourth-order valence-corrected chi connectivity index (χ4v) is 3.37. The molecule has 1 fully saturated rings. The third-order valence-corrected chi connectivity index (χ3v) is 5.14. The maximum atomic E-state index is 12.3. The highest BCUT2D eigenvalue weighted by atomic mass is 16.5. The molecule has 0 spiro atoms. The fraction of sp³-hybridized carbons (Fsp3) is 0.190. The van der Waals surface area contributed by atoms with Gasteiger partial charge in [0, 0.05) is 34.4 Å². The predicted octanol–water partition coefficient (Wildman–Crippen LogP) is 2.95. The number of nitrogens with zero attached hydrogens (tertiary/aromatic N) is 4. The van der Waals surface area contributed by atoms with E-state index in [1.807, 2.05) is 30.3 Å². The number of aromatic amines is 1. The number of benzene rings is 1. The molecule has 0 unspecified atom stereocenters. The van der Waals surface area contributed by atoms with E-state index in [1.54, 1.807) is 17.2 Å². The van der Waals surface area contributed by atoms with Gasteiger partial charge in [-0.05, 0) is 31.0 Å². The summed E-state index contributed by atoms with van der Waals surface area (Å²) in [5.74, 6) is -0.107. The first-order chi connectivity index (χ1) is 14.6. The number of carbonyl (C=O) groups excluding carboxylic acids is 2. The van der Waals surface area contributed by atoms with Crippen molar-refractivity contribution in [1.82, 2.24) is 24.7 Å². The lowest BCUT2D eigenvalue weighted by atomic mass is 10.1. The van der Waals surface area contributed by atoms with Crippen LogP contribution in [-0.2, 0) is 9.53 Å². The number of esters is 1. The summed E-state index contributed by atoms with van der Waals surface area (Å²) in [7, 11) is 1.33. The van der Waals surface area contributed by atoms with Gasteiger partial charge in [0.25, 0.3) is 0 Å². The van der Waals surface area contributed by atoms with Gasteiger partial charge < -0.3 is 15.0 Å². The topological polar surface area (TPSA) is 115 Å². The van der Waals surface area contributed by atoms with Crippen molar-refractivity contribution in [3.05, 3.63) is 54.7 Å². The highest BCUT2D eigenvalue weighted by Gasteiger charge is 2.30. The molecule has 3 heterocycles. The Hall–Kier alpha value is -4.01. The second-order valence-corrected chi connectivity index (χ2v) is 7.17. The van der Waals surface area contributed by atoms with E-state index in [1.165, 1.54) is 13.3 Å². The van der Waals surface area contributed by atoms with E-state index in [9.17, 15) is 9.59 Å². The summed E-state index contributed by atoms with van der Waals surface area (Å²) in [5, 5.41) is 11.2. The van der Waals surface area contributed by atoms with E-state index < -0.39 is 5.97 Å². The summed E-state index contributed by atoms with van der Waals surface area (Å²) in [4.78, 5) is 32.1. The van der Waals surface area contributed by atoms with Crippen LogP contribution in [0.25, 0.3) is 27.8 Å². The second kappa shape index (κ2) is 7.11. The van der Waals surface area contributed by atoms with Gasteiger partial charge in [-0.2, -0.15) is 0 Å². The van der Waals surface area contributed by atoms with Gasteiger partial charge in [-0.15, -0.1) is 10.2 Å². The van der Waals surface area contributed by atoms with E-state index >= 15 is 0 Å². The first-order valence-corrected chi connectivity index (χ1v) is 9.50. The van der Waals surface area contributed by atoms with Crippen LogP contribution in [0.1, 0.15) is 23.2 Å². The number of ether oxygens (including phenoxy) is 1. The Kier molecular flexibility index (Phi) is 4.27. The van der Waals surface area contributed by atoms with E-state index in [4.69, 9.17) is 4.74 Å². The van der Waals surface area contributed by atoms with Crippen LogP contribution < -0.4 is 5.32 Å². The quantitative estimate of drug-likeness (QED) is 0.496. The highest BCUT2D eigenvalue weighted by molar-refractivity contribution is 6.10. The standard InChI is InChI=1S/C21H18N6O3/c1-30-21(29)16-9-22-19(26-20(28)12-5-6-12)18-15(16)8-17(25-18)13-3-2-4-14(7-13)27-10-23-24-11-27/h2-4,7-12,25H,5-6H2,1H3,(H,22,26,28). The first-order valence-electron chi connectivity index (χ1n) is 9.50. The molecule has 30 heavy (non-hydrogen) atoms. The minimum atomic E-state index is -0.489. The second-order valence-electron chi connectivity index (χ2n) is 7.17. The molecule has 0 aliphatic heterocycles. The zero-order valence-electron chi connectivity index (χ0n) is 16.1. The predicted molar refractivity (Wildman–Crippen MR) is 109 cm³/mol. The fourth-order valence-electron chi connectivity index (χ4n) is 3.37. The highest BCUT2D eigenvalue weighted by Crippen LogP contribution is 2.34. The van der Waals surface area contributed by atoms with Crippen LogP contribution in [0.15, 0.2) is 49.2 Å². The van der Waals surface area contributed by atoms with E-state index in [0.29, 0.717) is 22.3 Å². The zero-order valence-corrected chi connectivity index (χ0v) is 16.1. The lowest BCUT2D eigenvalue weighted by molar-refractivity contribution is -0.117. The third-order valence-electron chi connectivity index (χ3n) is 5.14. The summed E-state index contributed by atoms with van der Waals surface area (Å²) in [5.41, 5.74) is 3.48. The third kappa shape index (κ3) is 3.20. The molecule has 9 nitrogen and oxygen atoms in total. The Morgan fingerprint density at radius 3 is 2.73 bits per heavy atom. The average molecular weight is 402 g/mol. The Bertz CT molecular complexity index is 1260. The monoisotopic (exact) mass is 402 g/mol. The number of hydrogen-bond acceptors (Lipinski definition) is 6. The van der Waals surface area contributed by atoms with Crippen molar-refractivity contribution >= 4 is 28.6 Å². The lowest BCUT2D eigenvalue weighted by Crippen LogP contribution is -2.15. The van der Waals surface area contributed by atoms with Gasteiger partial charge in [0.1, 0.15) is 12.7 Å². The van der Waals surface area contributed by atoms with Gasteiger partial charge in [-0.3, -0.25) is 9.36 Å². The van der Waals surface area contributed by atoms with Gasteiger partial charge in [0.15, 0.2) is 5.82 Å². The van der Waals surface area contributed by atoms with Crippen LogP contribution in [-0.4, -0.2) is 43.7 Å². The minimum Gasteiger partial charge on any atom is -0.465 e. The number of anilines is 1. The molecule has 1 aromatic carbocycles. The van der Waals surface area contributed by atoms with Gasteiger partial charge in [0.2, 0.25) is 5.91 Å². The molecule has 0 atom stereocenters. The van der Waals surface area contributed by atoms with Crippen LogP contribution in [0.4, 0.5) is 5.82 Å². The number of nitrogens with one attached hydrogen (secondary N) is 2. The maximum absolute atomic E-state index is 12.3. The molecule has 5 rings (SSSR count). The number of methoxy groups -OCH3 is 1. The molecule has 1 saturated carbocycles. The van der Waals surface area contributed by atoms with Gasteiger partial charge in [-0.25, -0.2) is 9.78 Å². The summed E-state index contributed by atoms with van der Waals surface area (Å²) in [6.45, 7) is 0. The Morgan fingerprint density at radius 1 is 1.20 bits per heavy atom. The molecule has 0 radical (unpaired) electrons. The number of fused-ring (bicyclic) bond motifs is 1. The van der Waals surface area contributed by atoms with Gasteiger partial charge in [-0.1, -0.05) is 12.1 Å². The molecule has 4 aromatic rings. The van der Waals surface area contributed by atoms with Crippen LogP contribution in [0.3, 0.4) is 0 Å². The van der Waals surface area contributed by atoms with Crippen molar-refractivity contribution in [2.45, 2.75) is 12.8 Å². The van der Waals surface area contributed by atoms with Crippen LogP contribution >= 0.6 is 0 Å². The molecule has 1 aliphatic carbocycles. The minimum absolute atomic E-state index is 0.0389. The summed E-state index contributed by atoms with van der Waals surface area (Å²) in [6.07, 6.45) is 6.45. The molecule has 1 aliphatic rings. The maximum Gasteiger partial charge on any atom is 0.340 e. The largest absolute Gasteiger partial charge is 0.465 e. The molecule has 3 aromatic heterocycles. The van der Waals surface area contributed by atoms with Crippen molar-refractivity contribution in [3.8, 4) is 16.9 Å². The first kappa shape index (κ1) is 18.0. The Balaban J connectivity index is 1.62. The van der Waals surface area contributed by atoms with E-state index in [2.05, 4.69) is 25.5 Å². The number of amides is 1. The number of aromatic nitrogens is 5. The molecule has 150 valence electrons. The molecule has 0 saturated heterocycles. The lowest BCUT2D eigenvalue weighted by Gasteiger charge is -2.07. The van der Waals surface area contributed by atoms with Crippen molar-refractivity contribution in [3.63, 3.8) is 0 Å². The van der Waals surface area contributed by atoms with Crippen molar-refractivity contribution in [2.24, 2.45) is 5.92 Å². The number of carbonyl (C=O) groups is 2. The Labute approximate surface area is 171 Å². The Morgan fingerprint density at radius 2 is 2.00 bits per heavy atom. The summed E-state index contributed by atoms with van der Waals surface area (Å²) < 4.78 is 6.70. The van der Waals surface area contributed by atoms with Crippen LogP contribution in [0.5, 0.6) is 0 Å². The van der Waals surface area contributed by atoms with Crippen LogP contribution in [0, 0.1) is 5.92 Å². The van der Waals surface area contributed by atoms with Crippen molar-refractivity contribution < 1.29 is 14.3 Å². The number of pyridine rings is 1. The number of hydrogen-bond donors (Lipinski definition) is 2. The molecular formula is C21H18N6O3. The molecule has 2 N–H and O–H groups in total. The van der Waals surface area contributed by atoms with E-state index in [-0.39, 0.29) is 11.8 Å². The normalized spacial score (nSPS) is 13.4. The molecule has 9 heteroatoms. The SMILES string of the molecule is COC(=O)c1cnc(NC(=O)C2CC2)c2[nH]c(-c3cccc(-n4cnnc4)c3)cc12. The number of rotatable bonds is 5. The van der Waals surface area contributed by atoms with Crippen molar-refractivity contribution in [2.75, 3.05) is 12.4 Å². The summed E-state index contributed by atoms with van der Waals surface area (Å²) in [6, 6.07) is 9.65. The molecule has 1 amide bonds. The molecular weight excluding hydrogens is 384 g/mol. The zero-order chi connectivity index (χ0) is 20.7. The molecule has 0 bridgehead atoms. The average Bonchev–Trinajstić information content (AvgIpc) is 3.29. The number of H-pyrrole nitrogens is 1.